The molecule has 0 spiro atoms. The fourth-order valence-electron chi connectivity index (χ4n) is 2.81. The molecule has 2 aliphatic rings. The third kappa shape index (κ3) is 1.90. The number of hydrogen-bond donors (Lipinski definition) is 1. The van der Waals surface area contributed by atoms with Gasteiger partial charge in [-0.2, -0.15) is 0 Å². The third-order valence-electron chi connectivity index (χ3n) is 4.28. The zero-order chi connectivity index (χ0) is 12.2. The van der Waals surface area contributed by atoms with Gasteiger partial charge in [0.1, 0.15) is 0 Å². The Kier molecular flexibility index (Phi) is 2.36. The summed E-state index contributed by atoms with van der Waals surface area (Å²) in [6.07, 6.45) is 5.69. The van der Waals surface area contributed by atoms with Gasteiger partial charge in [0.15, 0.2) is 5.13 Å². The summed E-state index contributed by atoms with van der Waals surface area (Å²) < 4.78 is 1.17. The van der Waals surface area contributed by atoms with Gasteiger partial charge in [0.05, 0.1) is 10.2 Å². The molecule has 0 aliphatic heterocycles. The number of aromatic nitrogens is 1. The summed E-state index contributed by atoms with van der Waals surface area (Å²) in [4.78, 5) is 4.61. The van der Waals surface area contributed by atoms with E-state index < -0.39 is 0 Å². The minimum absolute atomic E-state index is 0.621. The van der Waals surface area contributed by atoms with Crippen molar-refractivity contribution in [2.45, 2.75) is 25.7 Å². The number of thiazole rings is 1. The maximum atomic E-state index is 6.00. The van der Waals surface area contributed by atoms with Crippen molar-refractivity contribution in [2.75, 3.05) is 11.9 Å². The van der Waals surface area contributed by atoms with Crippen molar-refractivity contribution in [3.63, 3.8) is 0 Å². The van der Waals surface area contributed by atoms with E-state index in [1.54, 1.807) is 11.3 Å². The molecule has 1 aromatic carbocycles. The Labute approximate surface area is 115 Å². The first kappa shape index (κ1) is 11.1. The Morgan fingerprint density at radius 2 is 2.22 bits per heavy atom. The largest absolute Gasteiger partial charge is 0.361 e. The van der Waals surface area contributed by atoms with Crippen molar-refractivity contribution in [3.05, 3.63) is 23.2 Å². The van der Waals surface area contributed by atoms with E-state index in [-0.39, 0.29) is 0 Å². The number of anilines is 1. The van der Waals surface area contributed by atoms with Crippen LogP contribution in [0.3, 0.4) is 0 Å². The molecule has 4 heteroatoms. The van der Waals surface area contributed by atoms with Crippen LogP contribution in [0.25, 0.3) is 10.2 Å². The average molecular weight is 279 g/mol. The van der Waals surface area contributed by atoms with Crippen LogP contribution in [0.1, 0.15) is 25.7 Å². The second kappa shape index (κ2) is 3.84. The van der Waals surface area contributed by atoms with Crippen molar-refractivity contribution in [1.82, 2.24) is 4.98 Å². The molecule has 0 bridgehead atoms. The summed E-state index contributed by atoms with van der Waals surface area (Å²) in [7, 11) is 0. The number of nitrogens with one attached hydrogen (secondary N) is 1. The molecule has 1 aromatic heterocycles. The SMILES string of the molecule is Clc1ccc2nc(NCC3(C4CC4)CC3)sc2c1. The summed E-state index contributed by atoms with van der Waals surface area (Å²) in [6, 6.07) is 5.89. The van der Waals surface area contributed by atoms with Crippen LogP contribution < -0.4 is 5.32 Å². The second-order valence-corrected chi connectivity index (χ2v) is 7.09. The van der Waals surface area contributed by atoms with Gasteiger partial charge >= 0.3 is 0 Å². The highest BCUT2D eigenvalue weighted by Crippen LogP contribution is 2.61. The maximum absolute atomic E-state index is 6.00. The van der Waals surface area contributed by atoms with Crippen molar-refractivity contribution >= 4 is 38.3 Å². The van der Waals surface area contributed by atoms with Crippen LogP contribution in [0.2, 0.25) is 5.02 Å². The number of hydrogen-bond acceptors (Lipinski definition) is 3. The molecule has 1 heterocycles. The van der Waals surface area contributed by atoms with E-state index in [0.717, 1.165) is 28.1 Å². The minimum Gasteiger partial charge on any atom is -0.361 e. The predicted molar refractivity (Wildman–Crippen MR) is 77.5 cm³/mol. The van der Waals surface area contributed by atoms with Gasteiger partial charge < -0.3 is 5.32 Å². The highest BCUT2D eigenvalue weighted by Gasteiger charge is 2.53. The summed E-state index contributed by atoms with van der Waals surface area (Å²) >= 11 is 7.70. The van der Waals surface area contributed by atoms with E-state index in [1.165, 1.54) is 30.4 Å². The molecule has 2 saturated carbocycles. The van der Waals surface area contributed by atoms with E-state index in [1.807, 2.05) is 18.2 Å². The number of fused-ring (bicyclic) bond motifs is 1. The van der Waals surface area contributed by atoms with Crippen LogP contribution in [-0.4, -0.2) is 11.5 Å². The lowest BCUT2D eigenvalue weighted by Gasteiger charge is -2.13. The van der Waals surface area contributed by atoms with Gasteiger partial charge in [-0.3, -0.25) is 0 Å². The van der Waals surface area contributed by atoms with E-state index >= 15 is 0 Å². The van der Waals surface area contributed by atoms with Crippen molar-refractivity contribution in [2.24, 2.45) is 11.3 Å². The fourth-order valence-corrected chi connectivity index (χ4v) is 3.95. The van der Waals surface area contributed by atoms with Gasteiger partial charge in [-0.05, 0) is 55.2 Å². The lowest BCUT2D eigenvalue weighted by molar-refractivity contribution is 0.467. The molecule has 94 valence electrons. The van der Waals surface area contributed by atoms with Gasteiger partial charge in [-0.1, -0.05) is 22.9 Å². The summed E-state index contributed by atoms with van der Waals surface area (Å²) in [6.45, 7) is 1.10. The molecule has 4 rings (SSSR count). The highest BCUT2D eigenvalue weighted by molar-refractivity contribution is 7.22. The van der Waals surface area contributed by atoms with Crippen LogP contribution >= 0.6 is 22.9 Å². The Balaban J connectivity index is 1.52. The molecule has 2 aromatic rings. The Morgan fingerprint density at radius 3 is 2.94 bits per heavy atom. The summed E-state index contributed by atoms with van der Waals surface area (Å²) in [5.41, 5.74) is 1.67. The number of halogens is 1. The van der Waals surface area contributed by atoms with E-state index in [0.29, 0.717) is 5.41 Å². The minimum atomic E-state index is 0.621. The maximum Gasteiger partial charge on any atom is 0.183 e. The molecule has 2 aliphatic carbocycles. The van der Waals surface area contributed by atoms with Crippen LogP contribution in [0, 0.1) is 11.3 Å². The molecule has 0 radical (unpaired) electrons. The monoisotopic (exact) mass is 278 g/mol. The molecular weight excluding hydrogens is 264 g/mol. The number of nitrogens with zero attached hydrogens (tertiary/aromatic N) is 1. The van der Waals surface area contributed by atoms with Crippen molar-refractivity contribution in [3.8, 4) is 0 Å². The van der Waals surface area contributed by atoms with Crippen LogP contribution in [0.15, 0.2) is 18.2 Å². The predicted octanol–water partition coefficient (Wildman–Crippen LogP) is 4.55. The first-order valence-electron chi connectivity index (χ1n) is 6.55. The van der Waals surface area contributed by atoms with Crippen LogP contribution in [0.4, 0.5) is 5.13 Å². The zero-order valence-electron chi connectivity index (χ0n) is 10.1. The smallest absolute Gasteiger partial charge is 0.183 e. The quantitative estimate of drug-likeness (QED) is 0.887. The Morgan fingerprint density at radius 1 is 1.39 bits per heavy atom. The Hall–Kier alpha value is -0.800. The van der Waals surface area contributed by atoms with Gasteiger partial charge in [-0.15, -0.1) is 0 Å². The highest BCUT2D eigenvalue weighted by atomic mass is 35.5. The Bertz CT molecular complexity index is 599. The molecular formula is C14H15ClN2S. The summed E-state index contributed by atoms with van der Waals surface area (Å²) in [5, 5.41) is 5.37. The molecule has 2 fully saturated rings. The van der Waals surface area contributed by atoms with Crippen LogP contribution in [-0.2, 0) is 0 Å². The van der Waals surface area contributed by atoms with Crippen LogP contribution in [0.5, 0.6) is 0 Å². The molecule has 0 amide bonds. The lowest BCUT2D eigenvalue weighted by atomic mass is 10.0. The fraction of sp³-hybridized carbons (Fsp3) is 0.500. The molecule has 0 unspecified atom stereocenters. The van der Waals surface area contributed by atoms with E-state index in [2.05, 4.69) is 10.3 Å². The van der Waals surface area contributed by atoms with Gasteiger partial charge in [0.2, 0.25) is 0 Å². The van der Waals surface area contributed by atoms with Crippen molar-refractivity contribution < 1.29 is 0 Å². The second-order valence-electron chi connectivity index (χ2n) is 5.62. The van der Waals surface area contributed by atoms with E-state index in [4.69, 9.17) is 11.6 Å². The first-order chi connectivity index (χ1) is 8.75. The molecule has 2 nitrogen and oxygen atoms in total. The molecule has 1 N–H and O–H groups in total. The van der Waals surface area contributed by atoms with Gasteiger partial charge in [0.25, 0.3) is 0 Å². The normalized spacial score (nSPS) is 21.2. The van der Waals surface area contributed by atoms with E-state index in [9.17, 15) is 0 Å². The lowest BCUT2D eigenvalue weighted by Crippen LogP contribution is -2.17. The summed E-state index contributed by atoms with van der Waals surface area (Å²) in [5.74, 6) is 0.994. The number of benzene rings is 1. The topological polar surface area (TPSA) is 24.9 Å². The average Bonchev–Trinajstić information content (AvgIpc) is 3.22. The first-order valence-corrected chi connectivity index (χ1v) is 7.75. The van der Waals surface area contributed by atoms with Gasteiger partial charge in [-0.25, -0.2) is 4.98 Å². The zero-order valence-corrected chi connectivity index (χ0v) is 11.7. The van der Waals surface area contributed by atoms with Gasteiger partial charge in [0, 0.05) is 11.6 Å². The molecule has 0 saturated heterocycles. The number of rotatable bonds is 4. The standard InChI is InChI=1S/C14H15ClN2S/c15-10-3-4-11-12(7-10)18-13(17-11)16-8-14(5-6-14)9-1-2-9/h3-4,7,9H,1-2,5-6,8H2,(H,16,17). The third-order valence-corrected chi connectivity index (χ3v) is 5.49. The molecule has 18 heavy (non-hydrogen) atoms. The molecule has 0 atom stereocenters. The van der Waals surface area contributed by atoms with Crippen molar-refractivity contribution in [1.29, 1.82) is 0 Å².